The summed E-state index contributed by atoms with van der Waals surface area (Å²) in [5.74, 6) is -0.164. The quantitative estimate of drug-likeness (QED) is 0.571. The third kappa shape index (κ3) is 2.64. The third-order valence-electron chi connectivity index (χ3n) is 1.15. The van der Waals surface area contributed by atoms with Gasteiger partial charge in [-0.2, -0.15) is 0 Å². The van der Waals surface area contributed by atoms with Crippen LogP contribution >= 0.6 is 47.8 Å². The molecule has 0 N–H and O–H groups in total. The molecule has 1 aromatic heterocycles. The number of hydrogen-bond acceptors (Lipinski definition) is 2. The molecule has 0 aromatic carbocycles. The van der Waals surface area contributed by atoms with Gasteiger partial charge in [-0.1, -0.05) is 53.9 Å². The van der Waals surface area contributed by atoms with Gasteiger partial charge in [0.15, 0.2) is 2.14 Å². The van der Waals surface area contributed by atoms with E-state index < -0.39 is 2.14 Å². The number of alkyl halides is 3. The normalized spacial score (nSPS) is 11.2. The number of ketones is 1. The van der Waals surface area contributed by atoms with Crippen LogP contribution in [0.15, 0.2) is 24.4 Å². The third-order valence-corrected chi connectivity index (χ3v) is 2.24. The van der Waals surface area contributed by atoms with Crippen LogP contribution in [0.1, 0.15) is 10.5 Å². The Morgan fingerprint density at radius 3 is 2.42 bits per heavy atom. The SMILES string of the molecule is O=C(c1ccccn1)C(Br)(Br)Br. The summed E-state index contributed by atoms with van der Waals surface area (Å²) in [5.41, 5.74) is 0.406. The van der Waals surface area contributed by atoms with Crippen molar-refractivity contribution in [3.63, 3.8) is 0 Å². The number of rotatable bonds is 1. The van der Waals surface area contributed by atoms with Gasteiger partial charge in [-0.15, -0.1) is 0 Å². The zero-order valence-corrected chi connectivity index (χ0v) is 10.6. The molecule has 0 bridgehead atoms. The molecule has 1 aromatic rings. The van der Waals surface area contributed by atoms with E-state index in [2.05, 4.69) is 52.8 Å². The molecule has 1 rings (SSSR count). The van der Waals surface area contributed by atoms with Crippen LogP contribution in [0.4, 0.5) is 0 Å². The first-order valence-electron chi connectivity index (χ1n) is 3.04. The molecule has 0 amide bonds. The Bertz CT molecular complexity index is 280. The molecule has 0 aliphatic rings. The van der Waals surface area contributed by atoms with Crippen molar-refractivity contribution in [2.24, 2.45) is 0 Å². The van der Waals surface area contributed by atoms with E-state index in [0.717, 1.165) is 0 Å². The highest BCUT2D eigenvalue weighted by molar-refractivity contribution is 9.40. The molecule has 0 unspecified atom stereocenters. The number of pyridine rings is 1. The summed E-state index contributed by atoms with van der Waals surface area (Å²) < 4.78 is -0.901. The number of halogens is 3. The van der Waals surface area contributed by atoms with Crippen LogP contribution in [0, 0.1) is 0 Å². The van der Waals surface area contributed by atoms with Crippen molar-refractivity contribution in [2.45, 2.75) is 2.14 Å². The average molecular weight is 358 g/mol. The van der Waals surface area contributed by atoms with Crippen LogP contribution in [0.2, 0.25) is 0 Å². The van der Waals surface area contributed by atoms with E-state index in [1.54, 1.807) is 24.4 Å². The minimum absolute atomic E-state index is 0.164. The molecule has 0 aliphatic carbocycles. The number of hydrogen-bond donors (Lipinski definition) is 0. The van der Waals surface area contributed by atoms with Gasteiger partial charge in [0.1, 0.15) is 5.69 Å². The van der Waals surface area contributed by atoms with Crippen molar-refractivity contribution in [2.75, 3.05) is 0 Å². The molecule has 12 heavy (non-hydrogen) atoms. The molecule has 0 saturated carbocycles. The Labute approximate surface area is 95.1 Å². The molecule has 0 aliphatic heterocycles. The van der Waals surface area contributed by atoms with Crippen LogP contribution < -0.4 is 0 Å². The predicted octanol–water partition coefficient (Wildman–Crippen LogP) is 3.10. The molecule has 0 radical (unpaired) electrons. The van der Waals surface area contributed by atoms with Gasteiger partial charge in [-0.25, -0.2) is 0 Å². The minimum atomic E-state index is -0.901. The molecular weight excluding hydrogens is 354 g/mol. The second-order valence-electron chi connectivity index (χ2n) is 2.04. The summed E-state index contributed by atoms with van der Waals surface area (Å²) in [4.78, 5) is 15.4. The minimum Gasteiger partial charge on any atom is -0.289 e. The van der Waals surface area contributed by atoms with E-state index in [0.29, 0.717) is 5.69 Å². The smallest absolute Gasteiger partial charge is 0.219 e. The van der Waals surface area contributed by atoms with Gasteiger partial charge in [0, 0.05) is 6.20 Å². The maximum atomic E-state index is 11.5. The van der Waals surface area contributed by atoms with Gasteiger partial charge in [0.05, 0.1) is 0 Å². The van der Waals surface area contributed by atoms with E-state index in [4.69, 9.17) is 0 Å². The van der Waals surface area contributed by atoms with Crippen molar-refractivity contribution < 1.29 is 4.79 Å². The summed E-state index contributed by atoms with van der Waals surface area (Å²) in [6.45, 7) is 0. The molecule has 64 valence electrons. The maximum Gasteiger partial charge on any atom is 0.219 e. The lowest BCUT2D eigenvalue weighted by atomic mass is 10.3. The van der Waals surface area contributed by atoms with Gasteiger partial charge >= 0.3 is 0 Å². The first-order chi connectivity index (χ1) is 5.52. The van der Waals surface area contributed by atoms with Crippen LogP contribution in [-0.4, -0.2) is 12.9 Å². The summed E-state index contributed by atoms with van der Waals surface area (Å²) in [6.07, 6.45) is 1.58. The number of Topliss-reactive ketones (excluding diaryl/α,β-unsaturated/α-hetero) is 1. The Morgan fingerprint density at radius 2 is 2.00 bits per heavy atom. The molecule has 0 spiro atoms. The van der Waals surface area contributed by atoms with Crippen molar-refractivity contribution in [1.29, 1.82) is 0 Å². The number of carbonyl (C=O) groups is 1. The predicted molar refractivity (Wildman–Crippen MR) is 58.1 cm³/mol. The Kier molecular flexibility index (Phi) is 3.43. The lowest BCUT2D eigenvalue weighted by molar-refractivity contribution is 0.100. The van der Waals surface area contributed by atoms with Crippen molar-refractivity contribution in [3.05, 3.63) is 30.1 Å². The Balaban J connectivity index is 2.94. The Morgan fingerprint density at radius 1 is 1.33 bits per heavy atom. The number of aromatic nitrogens is 1. The average Bonchev–Trinajstić information content (AvgIpc) is 2.03. The van der Waals surface area contributed by atoms with Crippen molar-refractivity contribution in [1.82, 2.24) is 4.98 Å². The van der Waals surface area contributed by atoms with Gasteiger partial charge in [-0.05, 0) is 12.1 Å². The molecule has 0 atom stereocenters. The highest BCUT2D eigenvalue weighted by atomic mass is 80.0. The molecule has 2 nitrogen and oxygen atoms in total. The zero-order valence-electron chi connectivity index (χ0n) is 5.80. The largest absolute Gasteiger partial charge is 0.289 e. The van der Waals surface area contributed by atoms with Crippen LogP contribution in [0.3, 0.4) is 0 Å². The van der Waals surface area contributed by atoms with E-state index in [1.807, 2.05) is 0 Å². The highest BCUT2D eigenvalue weighted by Gasteiger charge is 2.30. The molecular formula is C7H4Br3NO. The van der Waals surface area contributed by atoms with Gasteiger partial charge in [-0.3, -0.25) is 9.78 Å². The fraction of sp³-hybridized carbons (Fsp3) is 0.143. The Hall–Kier alpha value is 0.260. The van der Waals surface area contributed by atoms with E-state index in [9.17, 15) is 4.79 Å². The standard InChI is InChI=1S/C7H4Br3NO/c8-7(9,10)6(12)5-3-1-2-4-11-5/h1-4H. The van der Waals surface area contributed by atoms with Gasteiger partial charge in [0.25, 0.3) is 0 Å². The lowest BCUT2D eigenvalue weighted by Crippen LogP contribution is -2.18. The van der Waals surface area contributed by atoms with Crippen LogP contribution in [0.25, 0.3) is 0 Å². The van der Waals surface area contributed by atoms with Crippen molar-refractivity contribution >= 4 is 53.6 Å². The summed E-state index contributed by atoms with van der Waals surface area (Å²) in [6, 6.07) is 5.18. The fourth-order valence-corrected chi connectivity index (χ4v) is 1.25. The molecule has 0 fully saturated rings. The fourth-order valence-electron chi connectivity index (χ4n) is 0.642. The summed E-state index contributed by atoms with van der Waals surface area (Å²) in [5, 5.41) is 0. The molecule has 5 heteroatoms. The second-order valence-corrected chi connectivity index (χ2v) is 8.80. The van der Waals surface area contributed by atoms with E-state index in [1.165, 1.54) is 0 Å². The maximum absolute atomic E-state index is 11.5. The zero-order chi connectivity index (χ0) is 9.19. The van der Waals surface area contributed by atoms with E-state index in [-0.39, 0.29) is 5.78 Å². The van der Waals surface area contributed by atoms with Crippen LogP contribution in [0.5, 0.6) is 0 Å². The monoisotopic (exact) mass is 355 g/mol. The van der Waals surface area contributed by atoms with E-state index >= 15 is 0 Å². The first-order valence-corrected chi connectivity index (χ1v) is 5.42. The first kappa shape index (κ1) is 10.3. The van der Waals surface area contributed by atoms with Crippen LogP contribution in [-0.2, 0) is 0 Å². The highest BCUT2D eigenvalue weighted by Crippen LogP contribution is 2.36. The summed E-state index contributed by atoms with van der Waals surface area (Å²) >= 11 is 9.37. The van der Waals surface area contributed by atoms with Crippen molar-refractivity contribution in [3.8, 4) is 0 Å². The summed E-state index contributed by atoms with van der Waals surface area (Å²) in [7, 11) is 0. The van der Waals surface area contributed by atoms with Gasteiger partial charge < -0.3 is 0 Å². The molecule has 1 heterocycles. The lowest BCUT2D eigenvalue weighted by Gasteiger charge is -2.08. The second kappa shape index (κ2) is 3.98. The number of carbonyl (C=O) groups excluding carboxylic acids is 1. The number of nitrogens with zero attached hydrogens (tertiary/aromatic N) is 1. The van der Waals surface area contributed by atoms with Gasteiger partial charge in [0.2, 0.25) is 5.78 Å². The molecule has 0 saturated heterocycles. The topological polar surface area (TPSA) is 30.0 Å².